The second-order valence-electron chi connectivity index (χ2n) is 16.0. The Morgan fingerprint density at radius 1 is 0.980 bits per heavy atom. The van der Waals surface area contributed by atoms with Gasteiger partial charge in [0.25, 0.3) is 5.84 Å². The van der Waals surface area contributed by atoms with Crippen molar-refractivity contribution in [1.29, 1.82) is 0 Å². The molecule has 9 rings (SSSR count). The second-order valence-corrected chi connectivity index (χ2v) is 16.0. The number of hydrogen-bond acceptors (Lipinski definition) is 5. The van der Waals surface area contributed by atoms with Crippen LogP contribution >= 0.6 is 0 Å². The molecule has 0 saturated heterocycles. The highest BCUT2D eigenvalue weighted by Crippen LogP contribution is 2.54. The molecule has 0 bridgehead atoms. The molecule has 51 heavy (non-hydrogen) atoms. The van der Waals surface area contributed by atoms with Crippen molar-refractivity contribution >= 4 is 29.4 Å². The predicted octanol–water partition coefficient (Wildman–Crippen LogP) is 6.34. The van der Waals surface area contributed by atoms with Crippen LogP contribution in [0.1, 0.15) is 89.7 Å². The number of rotatable bonds is 5. The first-order valence-electron chi connectivity index (χ1n) is 19.1. The minimum Gasteiger partial charge on any atom is -0.483 e. The Bertz CT molecular complexity index is 2200. The predicted molar refractivity (Wildman–Crippen MR) is 205 cm³/mol. The fourth-order valence-corrected chi connectivity index (χ4v) is 9.07. The molecular weight excluding hydrogens is 629 g/mol. The molecule has 0 fully saturated rings. The van der Waals surface area contributed by atoms with Gasteiger partial charge >= 0.3 is 0 Å². The van der Waals surface area contributed by atoms with E-state index in [0.717, 1.165) is 77.3 Å². The number of ether oxygens (including phenoxy) is 1. The summed E-state index contributed by atoms with van der Waals surface area (Å²) >= 11 is 0. The molecule has 6 nitrogen and oxygen atoms in total. The Kier molecular flexibility index (Phi) is 7.90. The van der Waals surface area contributed by atoms with Crippen LogP contribution < -0.4 is 25.8 Å². The van der Waals surface area contributed by atoms with E-state index in [4.69, 9.17) is 19.1 Å². The maximum absolute atomic E-state index is 6.89. The largest absolute Gasteiger partial charge is 0.483 e. The van der Waals surface area contributed by atoms with Gasteiger partial charge in [-0.3, -0.25) is 0 Å². The van der Waals surface area contributed by atoms with Gasteiger partial charge in [0.05, 0.1) is 0 Å². The number of allylic oxidation sites excluding steroid dienone is 10. The highest BCUT2D eigenvalue weighted by Gasteiger charge is 2.48. The van der Waals surface area contributed by atoms with Crippen LogP contribution in [0.3, 0.4) is 0 Å². The van der Waals surface area contributed by atoms with Crippen molar-refractivity contribution in [3.8, 4) is 5.75 Å². The monoisotopic (exact) mass is 677 g/mol. The van der Waals surface area contributed by atoms with E-state index in [9.17, 15) is 0 Å². The zero-order valence-corrected chi connectivity index (χ0v) is 30.4. The summed E-state index contributed by atoms with van der Waals surface area (Å²) < 4.78 is 13.3. The van der Waals surface area contributed by atoms with E-state index in [-0.39, 0.29) is 18.0 Å². The van der Waals surface area contributed by atoms with Crippen molar-refractivity contribution in [3.63, 3.8) is 0 Å². The summed E-state index contributed by atoms with van der Waals surface area (Å²) in [4.78, 5) is 13.9. The van der Waals surface area contributed by atoms with Crippen molar-refractivity contribution in [1.82, 2.24) is 10.3 Å². The summed E-state index contributed by atoms with van der Waals surface area (Å²) in [6.45, 7) is 11.5. The van der Waals surface area contributed by atoms with Crippen LogP contribution in [0.5, 0.6) is 5.75 Å². The van der Waals surface area contributed by atoms with E-state index in [1.807, 2.05) is 0 Å². The number of nitrogens with one attached hydrogen (secondary N) is 2. The lowest BCUT2D eigenvalue weighted by Gasteiger charge is -2.39. The molecule has 1 aromatic carbocycles. The Hall–Kier alpha value is -4.71. The van der Waals surface area contributed by atoms with Gasteiger partial charge in [0.1, 0.15) is 16.7 Å². The van der Waals surface area contributed by atoms with E-state index >= 15 is 0 Å². The van der Waals surface area contributed by atoms with E-state index in [1.54, 1.807) is 0 Å². The Morgan fingerprint density at radius 3 is 2.69 bits per heavy atom. The average molecular weight is 678 g/mol. The van der Waals surface area contributed by atoms with Gasteiger partial charge in [-0.15, -0.1) is 0 Å². The molecule has 8 atom stereocenters. The lowest BCUT2D eigenvalue weighted by atomic mass is 9.67. The molecule has 3 heterocycles. The van der Waals surface area contributed by atoms with Crippen molar-refractivity contribution in [2.24, 2.45) is 34.6 Å². The summed E-state index contributed by atoms with van der Waals surface area (Å²) in [5.74, 6) is 5.85. The Balaban J connectivity index is 1.02. The number of benzene rings is 1. The normalized spacial score (nSPS) is 33.4. The molecular formula is C45H49N4O2+. The van der Waals surface area contributed by atoms with Crippen molar-refractivity contribution in [2.75, 3.05) is 0 Å². The first kappa shape index (κ1) is 32.2. The van der Waals surface area contributed by atoms with E-state index in [2.05, 4.69) is 136 Å². The van der Waals surface area contributed by atoms with Crippen LogP contribution in [0.4, 0.5) is 0 Å². The number of aromatic nitrogens is 1. The molecule has 0 saturated carbocycles. The molecule has 0 spiro atoms. The molecule has 2 aliphatic heterocycles. The summed E-state index contributed by atoms with van der Waals surface area (Å²) in [5.41, 5.74) is 7.89. The lowest BCUT2D eigenvalue weighted by Crippen LogP contribution is -2.85. The maximum Gasteiger partial charge on any atom is 0.279 e. The number of hydrogen-bond donors (Lipinski definition) is 2. The second kappa shape index (κ2) is 12.5. The Morgan fingerprint density at radius 2 is 1.88 bits per heavy atom. The zero-order valence-electron chi connectivity index (χ0n) is 30.4. The van der Waals surface area contributed by atoms with Crippen LogP contribution in [0.25, 0.3) is 17.7 Å². The molecule has 5 aliphatic carbocycles. The van der Waals surface area contributed by atoms with Crippen LogP contribution in [-0.4, -0.2) is 28.4 Å². The molecule has 7 aliphatic rings. The molecule has 0 radical (unpaired) electrons. The molecule has 8 unspecified atom stereocenters. The van der Waals surface area contributed by atoms with Gasteiger partial charge in [0, 0.05) is 39.7 Å². The topological polar surface area (TPSA) is 73.6 Å². The zero-order chi connectivity index (χ0) is 34.9. The number of amidine groups is 2. The minimum atomic E-state index is -0.423. The van der Waals surface area contributed by atoms with E-state index < -0.39 is 5.60 Å². The first-order chi connectivity index (χ1) is 24.7. The molecule has 260 valence electrons. The molecule has 1 aromatic heterocycles. The fraction of sp³-hybridized carbons (Fsp3) is 0.400. The first-order valence-corrected chi connectivity index (χ1v) is 19.1. The van der Waals surface area contributed by atoms with Crippen molar-refractivity contribution < 1.29 is 14.1 Å². The number of nitrogens with zero attached hydrogens (tertiary/aromatic N) is 2. The third-order valence-electron chi connectivity index (χ3n) is 12.1. The summed E-state index contributed by atoms with van der Waals surface area (Å²) in [7, 11) is 0. The number of fused-ring (bicyclic) bond motifs is 4. The smallest absolute Gasteiger partial charge is 0.279 e. The van der Waals surface area contributed by atoms with E-state index in [1.165, 1.54) is 22.3 Å². The molecule has 2 N–H and O–H groups in total. The van der Waals surface area contributed by atoms with Crippen LogP contribution in [0, 0.1) is 29.6 Å². The van der Waals surface area contributed by atoms with Gasteiger partial charge in [-0.05, 0) is 93.1 Å². The highest BCUT2D eigenvalue weighted by atomic mass is 16.5. The Labute approximate surface area is 301 Å². The van der Waals surface area contributed by atoms with E-state index in [0.29, 0.717) is 23.7 Å². The fourth-order valence-electron chi connectivity index (χ4n) is 9.07. The lowest BCUT2D eigenvalue weighted by molar-refractivity contribution is -0.492. The quantitative estimate of drug-likeness (QED) is 0.363. The van der Waals surface area contributed by atoms with Crippen molar-refractivity contribution in [2.45, 2.75) is 84.4 Å². The van der Waals surface area contributed by atoms with Crippen LogP contribution in [0.2, 0.25) is 0 Å². The van der Waals surface area contributed by atoms with Crippen molar-refractivity contribution in [3.05, 3.63) is 123 Å². The minimum absolute atomic E-state index is 0.132. The highest BCUT2D eigenvalue weighted by molar-refractivity contribution is 6.13. The molecule has 2 aromatic rings. The molecule has 0 amide bonds. The van der Waals surface area contributed by atoms with Gasteiger partial charge in [-0.2, -0.15) is 4.99 Å². The van der Waals surface area contributed by atoms with Crippen LogP contribution in [0.15, 0.2) is 105 Å². The van der Waals surface area contributed by atoms with Gasteiger partial charge in [0.2, 0.25) is 17.9 Å². The number of oxazole rings is 1. The average Bonchev–Trinajstić information content (AvgIpc) is 3.68. The number of aliphatic imine (C=N–C) groups is 1. The van der Waals surface area contributed by atoms with Gasteiger partial charge in [-0.1, -0.05) is 94.0 Å². The summed E-state index contributed by atoms with van der Waals surface area (Å²) in [6, 6.07) is 6.68. The SMILES string of the molecule is CC1C=CC(c2nc3c(o2)=CC(C2=CC4(C)Oc5ccc(C6=NC(C7=CCCC=C7)[NH+]=C(C7=CC=CCC7C)N6)cc5C4CC2C)C(C)C=3)=CC1. The van der Waals surface area contributed by atoms with Crippen LogP contribution in [-0.2, 0) is 0 Å². The maximum atomic E-state index is 6.89. The molecule has 6 heteroatoms. The van der Waals surface area contributed by atoms with Gasteiger partial charge in [0.15, 0.2) is 5.42 Å². The summed E-state index contributed by atoms with van der Waals surface area (Å²) in [6.07, 6.45) is 32.3. The third-order valence-corrected chi connectivity index (χ3v) is 12.1. The standard InChI is InChI=1S/C45H48N4O2/c1-26-15-17-31(18-16-26)44-46-38-22-29(4)34(24-40(38)50-44)36-25-45(5)37(21-28(36)3)35-23-32(19-20-39(35)51-45)42-47-41(30-12-7-6-8-13-30)48-43(49-42)33-14-10-9-11-27(33)2/h7,9-10,12-15,17-20,22-29,34,37,41H,6,8,11,16,21H2,1-5H3,(H,47,48,49)/p+1. The van der Waals surface area contributed by atoms with Gasteiger partial charge in [-0.25, -0.2) is 15.3 Å². The van der Waals surface area contributed by atoms with Gasteiger partial charge < -0.3 is 9.15 Å². The summed E-state index contributed by atoms with van der Waals surface area (Å²) in [5, 5.41) is 4.69. The third kappa shape index (κ3) is 5.77.